The van der Waals surface area contributed by atoms with Crippen molar-refractivity contribution in [2.75, 3.05) is 6.61 Å². The van der Waals surface area contributed by atoms with Crippen LogP contribution in [0.3, 0.4) is 0 Å². The van der Waals surface area contributed by atoms with E-state index in [0.29, 0.717) is 5.56 Å². The van der Waals surface area contributed by atoms with Crippen molar-refractivity contribution in [3.63, 3.8) is 0 Å². The van der Waals surface area contributed by atoms with E-state index in [1.807, 2.05) is 31.2 Å². The maximum Gasteiger partial charge on any atom is 0.254 e. The predicted molar refractivity (Wildman–Crippen MR) is 79.5 cm³/mol. The van der Waals surface area contributed by atoms with Crippen LogP contribution < -0.4 is 5.32 Å². The van der Waals surface area contributed by atoms with E-state index in [2.05, 4.69) is 22.3 Å². The number of aromatic nitrogens is 2. The highest BCUT2D eigenvalue weighted by atomic mass is 16.2. The summed E-state index contributed by atoms with van der Waals surface area (Å²) in [6.07, 6.45) is 3.21. The number of aliphatic hydroxyl groups excluding tert-OH is 1. The molecule has 1 aromatic heterocycles. The van der Waals surface area contributed by atoms with Crippen LogP contribution in [-0.4, -0.2) is 27.4 Å². The number of carbonyl (C=O) groups excluding carboxylic acids is 1. The minimum absolute atomic E-state index is 0.113. The predicted octanol–water partition coefficient (Wildman–Crippen LogP) is 1.25. The molecule has 0 radical (unpaired) electrons. The van der Waals surface area contributed by atoms with Crippen molar-refractivity contribution >= 4 is 5.91 Å². The molecule has 2 rings (SSSR count). The van der Waals surface area contributed by atoms with E-state index >= 15 is 0 Å². The third-order valence-corrected chi connectivity index (χ3v) is 3.04. The Bertz CT molecular complexity index is 678. The number of nitrogens with one attached hydrogen (secondary N) is 1. The fourth-order valence-electron chi connectivity index (χ4n) is 1.90. The molecule has 108 valence electrons. The van der Waals surface area contributed by atoms with Crippen molar-refractivity contribution < 1.29 is 9.90 Å². The van der Waals surface area contributed by atoms with Crippen molar-refractivity contribution in [2.45, 2.75) is 13.0 Å². The van der Waals surface area contributed by atoms with Crippen LogP contribution in [0.2, 0.25) is 0 Å². The zero-order chi connectivity index (χ0) is 15.2. The first-order valence-electron chi connectivity index (χ1n) is 6.59. The van der Waals surface area contributed by atoms with E-state index in [-0.39, 0.29) is 18.6 Å². The lowest BCUT2D eigenvalue weighted by Crippen LogP contribution is -2.26. The van der Waals surface area contributed by atoms with Gasteiger partial charge in [0, 0.05) is 18.8 Å². The van der Waals surface area contributed by atoms with Crippen molar-refractivity contribution in [1.29, 1.82) is 0 Å². The van der Waals surface area contributed by atoms with Gasteiger partial charge in [-0.05, 0) is 24.6 Å². The molecule has 2 N–H and O–H groups in total. The second-order valence-electron chi connectivity index (χ2n) is 4.68. The number of carbonyl (C=O) groups is 1. The van der Waals surface area contributed by atoms with Gasteiger partial charge in [-0.3, -0.25) is 9.48 Å². The molecule has 1 atom stereocenters. The number of amides is 1. The molecule has 0 aliphatic carbocycles. The summed E-state index contributed by atoms with van der Waals surface area (Å²) in [6.45, 7) is 1.77. The first-order valence-corrected chi connectivity index (χ1v) is 6.59. The molecule has 0 spiro atoms. The Kier molecular flexibility index (Phi) is 4.75. The van der Waals surface area contributed by atoms with Crippen LogP contribution in [0.25, 0.3) is 0 Å². The summed E-state index contributed by atoms with van der Waals surface area (Å²) in [4.78, 5) is 12.0. The smallest absolute Gasteiger partial charge is 0.254 e. The van der Waals surface area contributed by atoms with Crippen LogP contribution in [0.1, 0.15) is 34.5 Å². The molecule has 0 aliphatic heterocycles. The van der Waals surface area contributed by atoms with Gasteiger partial charge in [-0.25, -0.2) is 0 Å². The quantitative estimate of drug-likeness (QED) is 0.833. The molecular weight excluding hydrogens is 266 g/mol. The average Bonchev–Trinajstić information content (AvgIpc) is 2.92. The van der Waals surface area contributed by atoms with Gasteiger partial charge >= 0.3 is 0 Å². The van der Waals surface area contributed by atoms with Gasteiger partial charge in [0.2, 0.25) is 0 Å². The number of aryl methyl sites for hydroxylation is 1. The first kappa shape index (κ1) is 14.8. The molecule has 0 fully saturated rings. The lowest BCUT2D eigenvalue weighted by atomic mass is 10.1. The van der Waals surface area contributed by atoms with Gasteiger partial charge < -0.3 is 10.4 Å². The van der Waals surface area contributed by atoms with Gasteiger partial charge in [0.1, 0.15) is 6.61 Å². The molecule has 1 unspecified atom stereocenters. The Labute approximate surface area is 123 Å². The Morgan fingerprint density at radius 2 is 2.14 bits per heavy atom. The van der Waals surface area contributed by atoms with Gasteiger partial charge in [0.15, 0.2) is 0 Å². The van der Waals surface area contributed by atoms with E-state index < -0.39 is 0 Å². The van der Waals surface area contributed by atoms with Gasteiger partial charge in [-0.1, -0.05) is 24.0 Å². The number of benzene rings is 1. The van der Waals surface area contributed by atoms with Crippen LogP contribution in [0.4, 0.5) is 0 Å². The molecule has 1 heterocycles. The minimum Gasteiger partial charge on any atom is -0.384 e. The Hall–Kier alpha value is -2.58. The highest BCUT2D eigenvalue weighted by molar-refractivity contribution is 5.93. The highest BCUT2D eigenvalue weighted by Gasteiger charge is 2.12. The van der Waals surface area contributed by atoms with Crippen LogP contribution in [0.15, 0.2) is 36.7 Å². The Balaban J connectivity index is 2.03. The summed E-state index contributed by atoms with van der Waals surface area (Å²) < 4.78 is 1.59. The second-order valence-corrected chi connectivity index (χ2v) is 4.68. The van der Waals surface area contributed by atoms with E-state index in [9.17, 15) is 4.79 Å². The third kappa shape index (κ3) is 3.94. The summed E-state index contributed by atoms with van der Waals surface area (Å²) in [5.41, 5.74) is 2.36. The number of hydrogen-bond acceptors (Lipinski definition) is 3. The standard InChI is InChI=1S/C16H17N3O2/c1-12(18-16(21)15-10-17-19(2)11-15)14-7-5-13(6-8-14)4-3-9-20/h5-8,10-12,20H,9H2,1-2H3,(H,18,21). The second kappa shape index (κ2) is 6.73. The molecule has 1 aromatic carbocycles. The van der Waals surface area contributed by atoms with Crippen molar-refractivity contribution in [1.82, 2.24) is 15.1 Å². The minimum atomic E-state index is -0.153. The first-order chi connectivity index (χ1) is 10.1. The third-order valence-electron chi connectivity index (χ3n) is 3.04. The number of rotatable bonds is 3. The fourth-order valence-corrected chi connectivity index (χ4v) is 1.90. The fraction of sp³-hybridized carbons (Fsp3) is 0.250. The molecule has 0 aliphatic rings. The molecule has 1 amide bonds. The molecule has 0 saturated carbocycles. The highest BCUT2D eigenvalue weighted by Crippen LogP contribution is 2.14. The zero-order valence-electron chi connectivity index (χ0n) is 12.0. The summed E-state index contributed by atoms with van der Waals surface area (Å²) in [7, 11) is 1.77. The summed E-state index contributed by atoms with van der Waals surface area (Å²) >= 11 is 0. The SMILES string of the molecule is CC(NC(=O)c1cnn(C)c1)c1ccc(C#CCO)cc1. The lowest BCUT2D eigenvalue weighted by molar-refractivity contribution is 0.0940. The molecule has 0 saturated heterocycles. The van der Waals surface area contributed by atoms with Crippen LogP contribution in [-0.2, 0) is 7.05 Å². The molecular formula is C16H17N3O2. The van der Waals surface area contributed by atoms with Crippen molar-refractivity contribution in [3.8, 4) is 11.8 Å². The van der Waals surface area contributed by atoms with Gasteiger partial charge in [0.25, 0.3) is 5.91 Å². The number of hydrogen-bond donors (Lipinski definition) is 2. The number of nitrogens with zero attached hydrogens (tertiary/aromatic N) is 2. The van der Waals surface area contributed by atoms with E-state index in [4.69, 9.17) is 5.11 Å². The van der Waals surface area contributed by atoms with E-state index in [0.717, 1.165) is 11.1 Å². The summed E-state index contributed by atoms with van der Waals surface area (Å²) in [5, 5.41) is 15.5. The van der Waals surface area contributed by atoms with Crippen molar-refractivity contribution in [2.24, 2.45) is 7.05 Å². The average molecular weight is 283 g/mol. The molecule has 21 heavy (non-hydrogen) atoms. The Morgan fingerprint density at radius 3 is 2.71 bits per heavy atom. The summed E-state index contributed by atoms with van der Waals surface area (Å²) in [5.74, 6) is 5.27. The zero-order valence-corrected chi connectivity index (χ0v) is 12.0. The van der Waals surface area contributed by atoms with Gasteiger partial charge in [-0.2, -0.15) is 5.10 Å². The monoisotopic (exact) mass is 283 g/mol. The topological polar surface area (TPSA) is 67.2 Å². The van der Waals surface area contributed by atoms with E-state index in [1.165, 1.54) is 6.20 Å². The van der Waals surface area contributed by atoms with Gasteiger partial charge in [-0.15, -0.1) is 0 Å². The number of aliphatic hydroxyl groups is 1. The van der Waals surface area contributed by atoms with Crippen LogP contribution in [0.5, 0.6) is 0 Å². The van der Waals surface area contributed by atoms with Crippen LogP contribution >= 0.6 is 0 Å². The van der Waals surface area contributed by atoms with Gasteiger partial charge in [0.05, 0.1) is 17.8 Å². The molecule has 5 nitrogen and oxygen atoms in total. The van der Waals surface area contributed by atoms with E-state index in [1.54, 1.807) is 17.9 Å². The normalized spacial score (nSPS) is 11.4. The summed E-state index contributed by atoms with van der Waals surface area (Å²) in [6, 6.07) is 7.44. The molecule has 0 bridgehead atoms. The maximum atomic E-state index is 12.0. The molecule has 5 heteroatoms. The lowest BCUT2D eigenvalue weighted by Gasteiger charge is -2.13. The Morgan fingerprint density at radius 1 is 1.43 bits per heavy atom. The molecule has 2 aromatic rings. The van der Waals surface area contributed by atoms with Crippen molar-refractivity contribution in [3.05, 3.63) is 53.3 Å². The maximum absolute atomic E-state index is 12.0. The van der Waals surface area contributed by atoms with Crippen LogP contribution in [0, 0.1) is 11.8 Å². The largest absolute Gasteiger partial charge is 0.384 e.